The zero-order chi connectivity index (χ0) is 16.8. The molecule has 6 heteroatoms. The largest absolute Gasteiger partial charge is 0.461 e. The average Bonchev–Trinajstić information content (AvgIpc) is 2.46. The number of carbonyl (C=O) groups is 1. The molecule has 1 rings (SSSR count). The van der Waals surface area contributed by atoms with Crippen LogP contribution in [0.15, 0.2) is 35.2 Å². The Labute approximate surface area is 133 Å². The van der Waals surface area contributed by atoms with Crippen molar-refractivity contribution in [3.8, 4) is 0 Å². The molecule has 1 aromatic carbocycles. The molecule has 124 valence electrons. The minimum absolute atomic E-state index is 0.139. The zero-order valence-corrected chi connectivity index (χ0v) is 14.4. The molecule has 1 unspecified atom stereocenters. The van der Waals surface area contributed by atoms with Crippen molar-refractivity contribution in [3.05, 3.63) is 30.3 Å². The lowest BCUT2D eigenvalue weighted by molar-refractivity contribution is -0.150. The van der Waals surface area contributed by atoms with E-state index in [1.807, 2.05) is 20.8 Å². The quantitative estimate of drug-likeness (QED) is 0.745. The molecule has 5 nitrogen and oxygen atoms in total. The summed E-state index contributed by atoms with van der Waals surface area (Å²) < 4.78 is 32.5. The third-order valence-electron chi connectivity index (χ3n) is 3.23. The molecule has 1 aromatic rings. The van der Waals surface area contributed by atoms with E-state index in [-0.39, 0.29) is 16.9 Å². The number of sulfonamides is 1. The molecular formula is C16H25NO4S. The van der Waals surface area contributed by atoms with Crippen LogP contribution in [0.1, 0.15) is 40.5 Å². The molecule has 0 saturated carbocycles. The molecule has 1 N–H and O–H groups in total. The Bertz CT molecular complexity index is 569. The topological polar surface area (TPSA) is 72.5 Å². The van der Waals surface area contributed by atoms with Crippen molar-refractivity contribution in [3.63, 3.8) is 0 Å². The number of benzene rings is 1. The molecule has 0 aliphatic carbocycles. The fraction of sp³-hybridized carbons (Fsp3) is 0.562. The standard InChI is InChI=1S/C16H25NO4S/c1-5-13(4)21-16(18)15(11-12(2)3)17-22(19,20)14-9-7-6-8-10-14/h6-10,12-13,15,17H,5,11H2,1-4H3/t13?,15-/m0/s1. The number of ether oxygens (including phenoxy) is 1. The fourth-order valence-corrected chi connectivity index (χ4v) is 3.10. The number of hydrogen-bond acceptors (Lipinski definition) is 4. The number of rotatable bonds is 8. The van der Waals surface area contributed by atoms with E-state index in [4.69, 9.17) is 4.74 Å². The van der Waals surface area contributed by atoms with E-state index in [1.165, 1.54) is 12.1 Å². The Balaban J connectivity index is 2.91. The van der Waals surface area contributed by atoms with E-state index >= 15 is 0 Å². The predicted octanol–water partition coefficient (Wildman–Crippen LogP) is 2.72. The first kappa shape index (κ1) is 18.6. The second-order valence-corrected chi connectivity index (χ2v) is 7.49. The third kappa shape index (κ3) is 5.77. The van der Waals surface area contributed by atoms with E-state index < -0.39 is 22.0 Å². The van der Waals surface area contributed by atoms with Crippen LogP contribution in [0.25, 0.3) is 0 Å². The van der Waals surface area contributed by atoms with Gasteiger partial charge in [-0.3, -0.25) is 4.79 Å². The predicted molar refractivity (Wildman–Crippen MR) is 85.9 cm³/mol. The summed E-state index contributed by atoms with van der Waals surface area (Å²) in [4.78, 5) is 12.3. The lowest BCUT2D eigenvalue weighted by Crippen LogP contribution is -2.43. The monoisotopic (exact) mass is 327 g/mol. The smallest absolute Gasteiger partial charge is 0.324 e. The maximum Gasteiger partial charge on any atom is 0.324 e. The summed E-state index contributed by atoms with van der Waals surface area (Å²) in [5.74, 6) is -0.365. The summed E-state index contributed by atoms with van der Waals surface area (Å²) in [6.07, 6.45) is 0.843. The maximum absolute atomic E-state index is 12.4. The van der Waals surface area contributed by atoms with Crippen molar-refractivity contribution >= 4 is 16.0 Å². The summed E-state index contributed by atoms with van der Waals surface area (Å²) in [6, 6.07) is 7.14. The number of hydrogen-bond donors (Lipinski definition) is 1. The fourth-order valence-electron chi connectivity index (χ4n) is 1.88. The maximum atomic E-state index is 12.4. The van der Waals surface area contributed by atoms with Crippen LogP contribution in [0.4, 0.5) is 0 Å². The molecule has 2 atom stereocenters. The van der Waals surface area contributed by atoms with Gasteiger partial charge in [0.05, 0.1) is 11.0 Å². The summed E-state index contributed by atoms with van der Waals surface area (Å²) in [5.41, 5.74) is 0. The van der Waals surface area contributed by atoms with Crippen LogP contribution >= 0.6 is 0 Å². The minimum Gasteiger partial charge on any atom is -0.461 e. The first-order valence-electron chi connectivity index (χ1n) is 7.54. The van der Waals surface area contributed by atoms with Crippen molar-refractivity contribution in [1.82, 2.24) is 4.72 Å². The van der Waals surface area contributed by atoms with Gasteiger partial charge in [-0.05, 0) is 37.8 Å². The lowest BCUT2D eigenvalue weighted by atomic mass is 10.0. The van der Waals surface area contributed by atoms with Crippen LogP contribution in [0.3, 0.4) is 0 Å². The Morgan fingerprint density at radius 3 is 2.27 bits per heavy atom. The van der Waals surface area contributed by atoms with Crippen LogP contribution in [-0.2, 0) is 19.6 Å². The highest BCUT2D eigenvalue weighted by atomic mass is 32.2. The molecule has 0 spiro atoms. The zero-order valence-electron chi connectivity index (χ0n) is 13.6. The van der Waals surface area contributed by atoms with Gasteiger partial charge < -0.3 is 4.74 Å². The van der Waals surface area contributed by atoms with E-state index in [1.54, 1.807) is 25.1 Å². The third-order valence-corrected chi connectivity index (χ3v) is 4.72. The summed E-state index contributed by atoms with van der Waals surface area (Å²) in [6.45, 7) is 7.56. The normalized spacial score (nSPS) is 14.6. The molecule has 0 aliphatic rings. The van der Waals surface area contributed by atoms with Gasteiger partial charge in [-0.2, -0.15) is 4.72 Å². The van der Waals surface area contributed by atoms with Gasteiger partial charge in [0, 0.05) is 0 Å². The van der Waals surface area contributed by atoms with Crippen LogP contribution < -0.4 is 4.72 Å². The molecule has 0 radical (unpaired) electrons. The summed E-state index contributed by atoms with van der Waals surface area (Å²) >= 11 is 0. The van der Waals surface area contributed by atoms with E-state index in [2.05, 4.69) is 4.72 Å². The second-order valence-electron chi connectivity index (χ2n) is 5.77. The summed E-state index contributed by atoms with van der Waals surface area (Å²) in [5, 5.41) is 0. The van der Waals surface area contributed by atoms with Gasteiger partial charge in [0.15, 0.2) is 0 Å². The Morgan fingerprint density at radius 1 is 1.18 bits per heavy atom. The highest BCUT2D eigenvalue weighted by Gasteiger charge is 2.28. The molecule has 0 heterocycles. The highest BCUT2D eigenvalue weighted by Crippen LogP contribution is 2.14. The number of esters is 1. The van der Waals surface area contributed by atoms with Gasteiger partial charge in [0.25, 0.3) is 0 Å². The van der Waals surface area contributed by atoms with Gasteiger partial charge in [0.1, 0.15) is 6.04 Å². The second kappa shape index (κ2) is 8.29. The first-order valence-corrected chi connectivity index (χ1v) is 9.02. The van der Waals surface area contributed by atoms with Crippen LogP contribution in [0.5, 0.6) is 0 Å². The lowest BCUT2D eigenvalue weighted by Gasteiger charge is -2.21. The Morgan fingerprint density at radius 2 is 1.77 bits per heavy atom. The SMILES string of the molecule is CCC(C)OC(=O)[C@H](CC(C)C)NS(=O)(=O)c1ccccc1. The molecule has 0 aromatic heterocycles. The van der Waals surface area contributed by atoms with Gasteiger partial charge in [0.2, 0.25) is 10.0 Å². The minimum atomic E-state index is -3.74. The van der Waals surface area contributed by atoms with Crippen molar-refractivity contribution in [2.45, 2.75) is 57.6 Å². The molecule has 0 saturated heterocycles. The molecule has 0 fully saturated rings. The van der Waals surface area contributed by atoms with Crippen LogP contribution in [0, 0.1) is 5.92 Å². The molecule has 22 heavy (non-hydrogen) atoms. The Kier molecular flexibility index (Phi) is 7.03. The van der Waals surface area contributed by atoms with E-state index in [0.717, 1.165) is 0 Å². The molecule has 0 bridgehead atoms. The summed E-state index contributed by atoms with van der Waals surface area (Å²) in [7, 11) is -3.74. The van der Waals surface area contributed by atoms with Crippen molar-refractivity contribution in [1.29, 1.82) is 0 Å². The molecular weight excluding hydrogens is 302 g/mol. The number of nitrogens with one attached hydrogen (secondary N) is 1. The van der Waals surface area contributed by atoms with E-state index in [9.17, 15) is 13.2 Å². The van der Waals surface area contributed by atoms with Crippen molar-refractivity contribution < 1.29 is 17.9 Å². The van der Waals surface area contributed by atoms with Crippen LogP contribution in [0.2, 0.25) is 0 Å². The van der Waals surface area contributed by atoms with Crippen LogP contribution in [-0.4, -0.2) is 26.5 Å². The highest BCUT2D eigenvalue weighted by molar-refractivity contribution is 7.89. The van der Waals surface area contributed by atoms with Gasteiger partial charge in [-0.15, -0.1) is 0 Å². The van der Waals surface area contributed by atoms with Gasteiger partial charge in [-0.25, -0.2) is 8.42 Å². The molecule has 0 amide bonds. The first-order chi connectivity index (χ1) is 10.3. The van der Waals surface area contributed by atoms with Crippen molar-refractivity contribution in [2.75, 3.05) is 0 Å². The van der Waals surface area contributed by atoms with E-state index in [0.29, 0.717) is 12.8 Å². The Hall–Kier alpha value is -1.40. The average molecular weight is 327 g/mol. The number of carbonyl (C=O) groups excluding carboxylic acids is 1. The molecule has 0 aliphatic heterocycles. The van der Waals surface area contributed by atoms with Gasteiger partial charge >= 0.3 is 5.97 Å². The van der Waals surface area contributed by atoms with Gasteiger partial charge in [-0.1, -0.05) is 39.0 Å². The van der Waals surface area contributed by atoms with Crippen molar-refractivity contribution in [2.24, 2.45) is 5.92 Å².